The predicted molar refractivity (Wildman–Crippen MR) is 67.8 cm³/mol. The monoisotopic (exact) mass is 286 g/mol. The van der Waals surface area contributed by atoms with Crippen molar-refractivity contribution in [2.45, 2.75) is 12.8 Å². The van der Waals surface area contributed by atoms with E-state index in [1.807, 2.05) is 0 Å². The van der Waals surface area contributed by atoms with E-state index in [0.717, 1.165) is 31.0 Å². The molecule has 1 aliphatic rings. The minimum absolute atomic E-state index is 0.0774. The highest BCUT2D eigenvalue weighted by Crippen LogP contribution is 2.45. The number of hydrogen-bond donors (Lipinski definition) is 1. The largest absolute Gasteiger partial charge is 0.351 e. The summed E-state index contributed by atoms with van der Waals surface area (Å²) in [6.07, 6.45) is 1.87. The SMILES string of the molecule is O=C(NCC1(CCl)CC1)c1ccc(F)cc1[N+](=O)[O-]. The second-order valence-corrected chi connectivity index (χ2v) is 5.00. The summed E-state index contributed by atoms with van der Waals surface area (Å²) in [5.74, 6) is -0.885. The fraction of sp³-hybridized carbons (Fsp3) is 0.417. The molecule has 1 aliphatic carbocycles. The van der Waals surface area contributed by atoms with Crippen molar-refractivity contribution >= 4 is 23.2 Å². The predicted octanol–water partition coefficient (Wildman–Crippen LogP) is 2.48. The number of alkyl halides is 1. The second kappa shape index (κ2) is 5.13. The van der Waals surface area contributed by atoms with Crippen LogP contribution in [0.5, 0.6) is 0 Å². The van der Waals surface area contributed by atoms with E-state index in [9.17, 15) is 19.3 Å². The Labute approximate surface area is 113 Å². The summed E-state index contributed by atoms with van der Waals surface area (Å²) in [6, 6.07) is 2.88. The summed E-state index contributed by atoms with van der Waals surface area (Å²) in [6.45, 7) is 0.379. The van der Waals surface area contributed by atoms with E-state index in [4.69, 9.17) is 11.6 Å². The molecule has 102 valence electrons. The topological polar surface area (TPSA) is 72.2 Å². The first-order valence-electron chi connectivity index (χ1n) is 5.75. The van der Waals surface area contributed by atoms with Crippen LogP contribution in [-0.2, 0) is 0 Å². The maximum absolute atomic E-state index is 13.0. The average molecular weight is 287 g/mol. The standard InChI is InChI=1S/C12H12ClFN2O3/c13-6-12(3-4-12)7-15-11(17)9-2-1-8(14)5-10(9)16(18)19/h1-2,5H,3-4,6-7H2,(H,15,17). The van der Waals surface area contributed by atoms with Crippen molar-refractivity contribution in [3.8, 4) is 0 Å². The molecule has 7 heteroatoms. The first-order chi connectivity index (χ1) is 8.97. The van der Waals surface area contributed by atoms with Gasteiger partial charge in [-0.15, -0.1) is 11.6 Å². The van der Waals surface area contributed by atoms with Gasteiger partial charge in [0.2, 0.25) is 0 Å². The molecule has 0 bridgehead atoms. The third-order valence-corrected chi connectivity index (χ3v) is 3.83. The van der Waals surface area contributed by atoms with Crippen molar-refractivity contribution in [1.29, 1.82) is 0 Å². The molecule has 1 fully saturated rings. The maximum atomic E-state index is 13.0. The Hall–Kier alpha value is -1.69. The van der Waals surface area contributed by atoms with Gasteiger partial charge in [0.15, 0.2) is 0 Å². The summed E-state index contributed by atoms with van der Waals surface area (Å²) in [4.78, 5) is 21.9. The molecule has 2 rings (SSSR count). The van der Waals surface area contributed by atoms with Crippen LogP contribution in [0.1, 0.15) is 23.2 Å². The van der Waals surface area contributed by atoms with E-state index in [-0.39, 0.29) is 11.0 Å². The Morgan fingerprint density at radius 1 is 1.53 bits per heavy atom. The van der Waals surface area contributed by atoms with Gasteiger partial charge < -0.3 is 5.32 Å². The summed E-state index contributed by atoms with van der Waals surface area (Å²) in [5, 5.41) is 13.4. The van der Waals surface area contributed by atoms with Gasteiger partial charge in [0, 0.05) is 17.8 Å². The second-order valence-electron chi connectivity index (χ2n) is 4.73. The lowest BCUT2D eigenvalue weighted by atomic mass is 10.1. The number of nitrogens with zero attached hydrogens (tertiary/aromatic N) is 1. The van der Waals surface area contributed by atoms with Crippen LogP contribution in [0.2, 0.25) is 0 Å². The number of halogens is 2. The van der Waals surface area contributed by atoms with Crippen molar-refractivity contribution in [2.75, 3.05) is 12.4 Å². The number of hydrogen-bond acceptors (Lipinski definition) is 3. The summed E-state index contributed by atoms with van der Waals surface area (Å²) >= 11 is 5.78. The lowest BCUT2D eigenvalue weighted by Gasteiger charge is -2.12. The fourth-order valence-electron chi connectivity index (χ4n) is 1.75. The number of nitrogens with one attached hydrogen (secondary N) is 1. The zero-order valence-corrected chi connectivity index (χ0v) is 10.7. The number of benzene rings is 1. The van der Waals surface area contributed by atoms with Gasteiger partial charge in [-0.2, -0.15) is 0 Å². The lowest BCUT2D eigenvalue weighted by molar-refractivity contribution is -0.385. The van der Waals surface area contributed by atoms with Crippen LogP contribution in [-0.4, -0.2) is 23.3 Å². The van der Waals surface area contributed by atoms with E-state index in [1.165, 1.54) is 0 Å². The van der Waals surface area contributed by atoms with Crippen LogP contribution in [0.15, 0.2) is 18.2 Å². The zero-order valence-electron chi connectivity index (χ0n) is 9.99. The molecule has 0 heterocycles. The van der Waals surface area contributed by atoms with Crippen LogP contribution in [0, 0.1) is 21.3 Å². The molecule has 0 spiro atoms. The third-order valence-electron chi connectivity index (χ3n) is 3.27. The Morgan fingerprint density at radius 3 is 2.74 bits per heavy atom. The Bertz CT molecular complexity index is 532. The fourth-order valence-corrected chi connectivity index (χ4v) is 2.11. The first-order valence-corrected chi connectivity index (χ1v) is 6.29. The van der Waals surface area contributed by atoms with Crippen molar-refractivity contribution in [3.05, 3.63) is 39.7 Å². The Balaban J connectivity index is 2.12. The van der Waals surface area contributed by atoms with Gasteiger partial charge in [-0.25, -0.2) is 4.39 Å². The molecule has 1 saturated carbocycles. The van der Waals surface area contributed by atoms with Gasteiger partial charge in [-0.05, 0) is 25.0 Å². The molecule has 0 atom stereocenters. The number of rotatable bonds is 5. The van der Waals surface area contributed by atoms with Crippen LogP contribution in [0.4, 0.5) is 10.1 Å². The molecule has 1 N–H and O–H groups in total. The van der Waals surface area contributed by atoms with Gasteiger partial charge in [0.05, 0.1) is 11.0 Å². The molecule has 1 amide bonds. The van der Waals surface area contributed by atoms with Crippen LogP contribution < -0.4 is 5.32 Å². The van der Waals surface area contributed by atoms with Gasteiger partial charge in [-0.3, -0.25) is 14.9 Å². The van der Waals surface area contributed by atoms with Gasteiger partial charge >= 0.3 is 0 Å². The summed E-state index contributed by atoms with van der Waals surface area (Å²) < 4.78 is 13.0. The van der Waals surface area contributed by atoms with Crippen LogP contribution in [0.3, 0.4) is 0 Å². The van der Waals surface area contributed by atoms with Crippen LogP contribution >= 0.6 is 11.6 Å². The van der Waals surface area contributed by atoms with E-state index in [2.05, 4.69) is 5.32 Å². The average Bonchev–Trinajstić information content (AvgIpc) is 3.16. The molecule has 0 aromatic heterocycles. The molecule has 0 unspecified atom stereocenters. The van der Waals surface area contributed by atoms with Crippen molar-refractivity contribution < 1.29 is 14.1 Å². The molecule has 1 aromatic carbocycles. The number of carbonyl (C=O) groups is 1. The number of carbonyl (C=O) groups excluding carboxylic acids is 1. The third kappa shape index (κ3) is 3.01. The van der Waals surface area contributed by atoms with Gasteiger partial charge in [0.25, 0.3) is 11.6 Å². The summed E-state index contributed by atoms with van der Waals surface area (Å²) in [7, 11) is 0. The minimum Gasteiger partial charge on any atom is -0.351 e. The molecule has 1 aromatic rings. The molecular formula is C12H12ClFN2O3. The van der Waals surface area contributed by atoms with Crippen molar-refractivity contribution in [3.63, 3.8) is 0 Å². The van der Waals surface area contributed by atoms with Crippen LogP contribution in [0.25, 0.3) is 0 Å². The molecule has 5 nitrogen and oxygen atoms in total. The Kier molecular flexibility index (Phi) is 3.71. The first kappa shape index (κ1) is 13.7. The number of nitro benzene ring substituents is 1. The number of amides is 1. The highest BCUT2D eigenvalue weighted by Gasteiger charge is 2.42. The smallest absolute Gasteiger partial charge is 0.285 e. The minimum atomic E-state index is -0.771. The van der Waals surface area contributed by atoms with E-state index in [0.29, 0.717) is 12.4 Å². The van der Waals surface area contributed by atoms with E-state index in [1.54, 1.807) is 0 Å². The van der Waals surface area contributed by atoms with E-state index < -0.39 is 22.3 Å². The highest BCUT2D eigenvalue weighted by atomic mass is 35.5. The normalized spacial score (nSPS) is 15.9. The summed E-state index contributed by atoms with van der Waals surface area (Å²) in [5.41, 5.74) is -0.753. The highest BCUT2D eigenvalue weighted by molar-refractivity contribution is 6.18. The van der Waals surface area contributed by atoms with Gasteiger partial charge in [0.1, 0.15) is 11.4 Å². The number of nitro groups is 1. The molecule has 0 saturated heterocycles. The molecular weight excluding hydrogens is 275 g/mol. The van der Waals surface area contributed by atoms with Crippen molar-refractivity contribution in [2.24, 2.45) is 5.41 Å². The molecule has 0 aliphatic heterocycles. The molecule has 19 heavy (non-hydrogen) atoms. The Morgan fingerprint density at radius 2 is 2.21 bits per heavy atom. The van der Waals surface area contributed by atoms with Crippen molar-refractivity contribution in [1.82, 2.24) is 5.32 Å². The zero-order chi connectivity index (χ0) is 14.0. The maximum Gasteiger partial charge on any atom is 0.285 e. The lowest BCUT2D eigenvalue weighted by Crippen LogP contribution is -2.31. The van der Waals surface area contributed by atoms with E-state index >= 15 is 0 Å². The van der Waals surface area contributed by atoms with Gasteiger partial charge in [-0.1, -0.05) is 0 Å². The molecule has 0 radical (unpaired) electrons. The quantitative estimate of drug-likeness (QED) is 0.513.